The molecule has 0 aliphatic rings. The number of nitrogens with zero attached hydrogens (tertiary/aromatic N) is 5. The zero-order valence-electron chi connectivity index (χ0n) is 14.5. The fraction of sp³-hybridized carbons (Fsp3) is 0.235. The van der Waals surface area contributed by atoms with E-state index in [1.807, 2.05) is 6.92 Å². The number of benzene rings is 1. The Morgan fingerprint density at radius 2 is 2.07 bits per heavy atom. The molecule has 0 saturated carbocycles. The molecule has 1 aromatic carbocycles. The average Bonchev–Trinajstić information content (AvgIpc) is 3.22. The zero-order valence-corrected chi connectivity index (χ0v) is 14.5. The van der Waals surface area contributed by atoms with Gasteiger partial charge in [0.25, 0.3) is 0 Å². The van der Waals surface area contributed by atoms with Gasteiger partial charge in [-0.15, -0.1) is 0 Å². The topological polar surface area (TPSA) is 108 Å². The first-order valence-electron chi connectivity index (χ1n) is 8.18. The maximum Gasteiger partial charge on any atom is 0.389 e. The van der Waals surface area contributed by atoms with Gasteiger partial charge in [-0.25, -0.2) is 4.39 Å². The van der Waals surface area contributed by atoms with Crippen LogP contribution in [0.1, 0.15) is 17.7 Å². The Balaban J connectivity index is 1.58. The summed E-state index contributed by atoms with van der Waals surface area (Å²) in [6.45, 7) is 2.27. The molecule has 0 spiro atoms. The summed E-state index contributed by atoms with van der Waals surface area (Å²) in [4.78, 5) is 22.1. The van der Waals surface area contributed by atoms with E-state index in [-0.39, 0.29) is 37.1 Å². The first-order chi connectivity index (χ1) is 12.9. The number of aryl methyl sites for hydroxylation is 2. The van der Waals surface area contributed by atoms with Crippen molar-refractivity contribution in [3.05, 3.63) is 69.8 Å². The molecule has 0 saturated heterocycles. The number of carbonyl (C=O) groups is 1. The summed E-state index contributed by atoms with van der Waals surface area (Å²) in [7, 11) is 0. The van der Waals surface area contributed by atoms with Crippen LogP contribution < -0.4 is 5.32 Å². The van der Waals surface area contributed by atoms with Gasteiger partial charge in [-0.2, -0.15) is 9.78 Å². The molecule has 10 heteroatoms. The third kappa shape index (κ3) is 4.54. The average molecular weight is 372 g/mol. The zero-order chi connectivity index (χ0) is 19.4. The van der Waals surface area contributed by atoms with Crippen molar-refractivity contribution in [2.75, 3.05) is 5.32 Å². The lowest BCUT2D eigenvalue weighted by Gasteiger charge is -2.05. The van der Waals surface area contributed by atoms with Crippen molar-refractivity contribution in [3.63, 3.8) is 0 Å². The van der Waals surface area contributed by atoms with E-state index < -0.39 is 4.92 Å². The normalized spacial score (nSPS) is 10.7. The second-order valence-electron chi connectivity index (χ2n) is 5.91. The fourth-order valence-corrected chi connectivity index (χ4v) is 2.51. The molecule has 3 aromatic rings. The van der Waals surface area contributed by atoms with Crippen LogP contribution in [0.5, 0.6) is 0 Å². The Kier molecular flexibility index (Phi) is 5.25. The van der Waals surface area contributed by atoms with Crippen molar-refractivity contribution >= 4 is 17.5 Å². The van der Waals surface area contributed by atoms with E-state index in [2.05, 4.69) is 15.5 Å². The van der Waals surface area contributed by atoms with Gasteiger partial charge >= 0.3 is 5.82 Å². The van der Waals surface area contributed by atoms with Gasteiger partial charge in [-0.05, 0) is 17.9 Å². The summed E-state index contributed by atoms with van der Waals surface area (Å²) < 4.78 is 16.7. The SMILES string of the molecule is Cc1cc(NC(=O)CCn2ccc([N+](=O)[O-])n2)nn1Cc1ccccc1F. The van der Waals surface area contributed by atoms with Crippen LogP contribution in [0.3, 0.4) is 0 Å². The van der Waals surface area contributed by atoms with Gasteiger partial charge in [0.1, 0.15) is 5.82 Å². The number of anilines is 1. The Bertz CT molecular complexity index is 981. The number of hydrogen-bond acceptors (Lipinski definition) is 5. The number of nitro groups is 1. The monoisotopic (exact) mass is 372 g/mol. The number of halogens is 1. The Morgan fingerprint density at radius 3 is 2.78 bits per heavy atom. The molecule has 2 aromatic heterocycles. The van der Waals surface area contributed by atoms with E-state index in [9.17, 15) is 19.3 Å². The molecule has 1 N–H and O–H groups in total. The molecule has 3 rings (SSSR count). The molecule has 27 heavy (non-hydrogen) atoms. The van der Waals surface area contributed by atoms with Gasteiger partial charge in [-0.1, -0.05) is 18.2 Å². The molecular weight excluding hydrogens is 355 g/mol. The number of aromatic nitrogens is 4. The van der Waals surface area contributed by atoms with E-state index in [1.54, 1.807) is 28.9 Å². The van der Waals surface area contributed by atoms with Crippen molar-refractivity contribution in [2.24, 2.45) is 0 Å². The maximum absolute atomic E-state index is 13.8. The maximum atomic E-state index is 13.8. The van der Waals surface area contributed by atoms with Crippen LogP contribution in [0, 0.1) is 22.9 Å². The minimum Gasteiger partial charge on any atom is -0.358 e. The summed E-state index contributed by atoms with van der Waals surface area (Å²) in [5.74, 6) is -0.520. The van der Waals surface area contributed by atoms with Gasteiger partial charge in [-0.3, -0.25) is 9.48 Å². The van der Waals surface area contributed by atoms with Crippen molar-refractivity contribution in [2.45, 2.75) is 26.4 Å². The van der Waals surface area contributed by atoms with Crippen LogP contribution in [0.4, 0.5) is 16.0 Å². The molecule has 1 amide bonds. The third-order valence-corrected chi connectivity index (χ3v) is 3.91. The van der Waals surface area contributed by atoms with Crippen LogP contribution in [0.2, 0.25) is 0 Å². The van der Waals surface area contributed by atoms with Crippen molar-refractivity contribution in [3.8, 4) is 0 Å². The molecule has 9 nitrogen and oxygen atoms in total. The summed E-state index contributed by atoms with van der Waals surface area (Å²) in [6.07, 6.45) is 1.52. The molecule has 0 unspecified atom stereocenters. The second kappa shape index (κ2) is 7.77. The van der Waals surface area contributed by atoms with Gasteiger partial charge < -0.3 is 15.4 Å². The van der Waals surface area contributed by atoms with E-state index in [0.717, 1.165) is 5.69 Å². The molecule has 2 heterocycles. The number of nitrogens with one attached hydrogen (secondary N) is 1. The molecule has 0 atom stereocenters. The predicted molar refractivity (Wildman–Crippen MR) is 94.6 cm³/mol. The summed E-state index contributed by atoms with van der Waals surface area (Å²) in [6, 6.07) is 9.39. The highest BCUT2D eigenvalue weighted by molar-refractivity contribution is 5.89. The predicted octanol–water partition coefficient (Wildman–Crippen LogP) is 2.51. The van der Waals surface area contributed by atoms with E-state index >= 15 is 0 Å². The summed E-state index contributed by atoms with van der Waals surface area (Å²) >= 11 is 0. The molecule has 0 fully saturated rings. The van der Waals surface area contributed by atoms with Crippen LogP contribution in [-0.4, -0.2) is 30.4 Å². The van der Waals surface area contributed by atoms with E-state index in [4.69, 9.17) is 0 Å². The first kappa shape index (κ1) is 18.2. The Labute approximate surface area is 153 Å². The van der Waals surface area contributed by atoms with Crippen LogP contribution >= 0.6 is 0 Å². The van der Waals surface area contributed by atoms with E-state index in [1.165, 1.54) is 23.0 Å². The molecule has 0 aliphatic heterocycles. The van der Waals surface area contributed by atoms with Crippen LogP contribution in [-0.2, 0) is 17.9 Å². The summed E-state index contributed by atoms with van der Waals surface area (Å²) in [5.41, 5.74) is 1.28. The van der Waals surface area contributed by atoms with Gasteiger partial charge in [0.2, 0.25) is 5.91 Å². The van der Waals surface area contributed by atoms with Crippen molar-refractivity contribution in [1.29, 1.82) is 0 Å². The Hall–Kier alpha value is -3.56. The molecule has 0 bridgehead atoms. The fourth-order valence-electron chi connectivity index (χ4n) is 2.51. The van der Waals surface area contributed by atoms with Crippen LogP contribution in [0.15, 0.2) is 42.6 Å². The molecule has 140 valence electrons. The smallest absolute Gasteiger partial charge is 0.358 e. The second-order valence-corrected chi connectivity index (χ2v) is 5.91. The molecule has 0 aliphatic carbocycles. The first-order valence-corrected chi connectivity index (χ1v) is 8.18. The van der Waals surface area contributed by atoms with Crippen molar-refractivity contribution < 1.29 is 14.1 Å². The van der Waals surface area contributed by atoms with Gasteiger partial charge in [0, 0.05) is 23.7 Å². The quantitative estimate of drug-likeness (QED) is 0.506. The minimum atomic E-state index is -0.596. The minimum absolute atomic E-state index is 0.0814. The van der Waals surface area contributed by atoms with Gasteiger partial charge in [0.15, 0.2) is 5.82 Å². The highest BCUT2D eigenvalue weighted by Crippen LogP contribution is 2.14. The highest BCUT2D eigenvalue weighted by atomic mass is 19.1. The third-order valence-electron chi connectivity index (χ3n) is 3.91. The summed E-state index contributed by atoms with van der Waals surface area (Å²) in [5, 5.41) is 21.3. The highest BCUT2D eigenvalue weighted by Gasteiger charge is 2.13. The number of rotatable bonds is 7. The molecular formula is C17H17FN6O3. The lowest BCUT2D eigenvalue weighted by atomic mass is 10.2. The number of hydrogen-bond donors (Lipinski definition) is 1. The standard InChI is InChI=1S/C17H17FN6O3/c1-12-10-15(20-23(12)11-13-4-2-3-5-14(13)18)19-17(25)7-9-22-8-6-16(21-22)24(26)27/h2-6,8,10H,7,9,11H2,1H3,(H,19,20,25). The van der Waals surface area contributed by atoms with Crippen molar-refractivity contribution in [1.82, 2.24) is 19.6 Å². The number of amides is 1. The van der Waals surface area contributed by atoms with Gasteiger partial charge in [0.05, 0.1) is 30.5 Å². The van der Waals surface area contributed by atoms with Crippen LogP contribution in [0.25, 0.3) is 0 Å². The molecule has 0 radical (unpaired) electrons. The largest absolute Gasteiger partial charge is 0.389 e. The Morgan fingerprint density at radius 1 is 1.30 bits per heavy atom. The van der Waals surface area contributed by atoms with E-state index in [0.29, 0.717) is 11.4 Å². The lowest BCUT2D eigenvalue weighted by Crippen LogP contribution is -2.15. The lowest BCUT2D eigenvalue weighted by molar-refractivity contribution is -0.389. The number of carbonyl (C=O) groups excluding carboxylic acids is 1.